The third-order valence-electron chi connectivity index (χ3n) is 2.36. The molecule has 0 aliphatic carbocycles. The van der Waals surface area contributed by atoms with Crippen LogP contribution >= 0.6 is 0 Å². The first-order chi connectivity index (χ1) is 7.76. The first kappa shape index (κ1) is 13.1. The topological polar surface area (TPSA) is 54.4 Å². The summed E-state index contributed by atoms with van der Waals surface area (Å²) in [6.45, 7) is 3.45. The van der Waals surface area contributed by atoms with E-state index in [1.165, 1.54) is 0 Å². The number of rotatable bonds is 7. The average Bonchev–Trinajstić information content (AvgIpc) is 2.27. The Morgan fingerprint density at radius 2 is 2.31 bits per heavy atom. The Morgan fingerprint density at radius 1 is 1.50 bits per heavy atom. The molecule has 4 nitrogen and oxygen atoms in total. The molecule has 0 spiro atoms. The Balaban J connectivity index is 2.41. The van der Waals surface area contributed by atoms with Crippen LogP contribution in [0.1, 0.15) is 17.8 Å². The van der Waals surface area contributed by atoms with Crippen molar-refractivity contribution in [3.8, 4) is 0 Å². The fourth-order valence-electron chi connectivity index (χ4n) is 1.55. The molecule has 16 heavy (non-hydrogen) atoms. The van der Waals surface area contributed by atoms with Crippen molar-refractivity contribution >= 4 is 0 Å². The minimum Gasteiger partial charge on any atom is -0.396 e. The number of nitrogens with zero attached hydrogens (tertiary/aromatic N) is 1. The fraction of sp³-hybridized carbons (Fsp3) is 0.583. The number of aromatic nitrogens is 1. The molecular weight excluding hydrogens is 204 g/mol. The molecule has 1 atom stereocenters. The number of pyridine rings is 1. The number of aliphatic hydroxyl groups excluding tert-OH is 1. The predicted octanol–water partition coefficient (Wildman–Crippen LogP) is 0.877. The van der Waals surface area contributed by atoms with Crippen molar-refractivity contribution in [2.75, 3.05) is 20.3 Å². The summed E-state index contributed by atoms with van der Waals surface area (Å²) in [6.07, 6.45) is 0.694. The molecule has 2 N–H and O–H groups in total. The van der Waals surface area contributed by atoms with E-state index < -0.39 is 0 Å². The summed E-state index contributed by atoms with van der Waals surface area (Å²) >= 11 is 0. The summed E-state index contributed by atoms with van der Waals surface area (Å²) in [5.41, 5.74) is 2.03. The lowest BCUT2D eigenvalue weighted by atomic mass is 10.2. The van der Waals surface area contributed by atoms with Gasteiger partial charge in [0.15, 0.2) is 0 Å². The van der Waals surface area contributed by atoms with Crippen LogP contribution in [0.5, 0.6) is 0 Å². The summed E-state index contributed by atoms with van der Waals surface area (Å²) in [5.74, 6) is 0. The predicted molar refractivity (Wildman–Crippen MR) is 63.2 cm³/mol. The lowest BCUT2D eigenvalue weighted by molar-refractivity contribution is 0.148. The molecule has 4 heteroatoms. The molecule has 0 bridgehead atoms. The zero-order chi connectivity index (χ0) is 11.8. The Labute approximate surface area is 96.7 Å². The fourth-order valence-corrected chi connectivity index (χ4v) is 1.55. The number of aliphatic hydroxyl groups is 1. The third kappa shape index (κ3) is 4.70. The van der Waals surface area contributed by atoms with Gasteiger partial charge in [0.1, 0.15) is 0 Å². The van der Waals surface area contributed by atoms with Gasteiger partial charge >= 0.3 is 0 Å². The molecule has 0 saturated heterocycles. The number of aryl methyl sites for hydroxylation is 1. The maximum Gasteiger partial charge on any atom is 0.0616 e. The standard InChI is InChI=1S/C12H20N2O2/c1-10-4-3-5-11(14-10)8-13-12(6-7-15)9-16-2/h3-5,12-13,15H,6-9H2,1-2H3. The second-order valence-corrected chi connectivity index (χ2v) is 3.82. The van der Waals surface area contributed by atoms with Crippen LogP contribution in [0.3, 0.4) is 0 Å². The lowest BCUT2D eigenvalue weighted by Crippen LogP contribution is -2.33. The van der Waals surface area contributed by atoms with E-state index in [2.05, 4.69) is 10.3 Å². The van der Waals surface area contributed by atoms with Crippen molar-refractivity contribution in [1.82, 2.24) is 10.3 Å². The van der Waals surface area contributed by atoms with Crippen molar-refractivity contribution in [2.24, 2.45) is 0 Å². The highest BCUT2D eigenvalue weighted by molar-refractivity contribution is 5.09. The third-order valence-corrected chi connectivity index (χ3v) is 2.36. The van der Waals surface area contributed by atoms with Crippen LogP contribution in [0.4, 0.5) is 0 Å². The van der Waals surface area contributed by atoms with E-state index in [0.717, 1.165) is 11.4 Å². The molecule has 0 saturated carbocycles. The van der Waals surface area contributed by atoms with E-state index in [-0.39, 0.29) is 12.6 Å². The van der Waals surface area contributed by atoms with Crippen LogP contribution in [0.2, 0.25) is 0 Å². The second kappa shape index (κ2) is 7.33. The van der Waals surface area contributed by atoms with Crippen molar-refractivity contribution in [2.45, 2.75) is 25.9 Å². The normalized spacial score (nSPS) is 12.7. The molecule has 0 amide bonds. The molecule has 90 valence electrons. The summed E-state index contributed by atoms with van der Waals surface area (Å²) < 4.78 is 5.07. The van der Waals surface area contributed by atoms with Crippen molar-refractivity contribution < 1.29 is 9.84 Å². The molecule has 0 aliphatic heterocycles. The van der Waals surface area contributed by atoms with Crippen LogP contribution in [0.15, 0.2) is 18.2 Å². The molecule has 1 heterocycles. The summed E-state index contributed by atoms with van der Waals surface area (Å²) in [7, 11) is 1.66. The van der Waals surface area contributed by atoms with Gasteiger partial charge in [0, 0.05) is 32.0 Å². The van der Waals surface area contributed by atoms with Gasteiger partial charge in [0.05, 0.1) is 12.3 Å². The van der Waals surface area contributed by atoms with Gasteiger partial charge in [0.25, 0.3) is 0 Å². The highest BCUT2D eigenvalue weighted by atomic mass is 16.5. The van der Waals surface area contributed by atoms with Crippen molar-refractivity contribution in [3.63, 3.8) is 0 Å². The Hall–Kier alpha value is -0.970. The molecule has 1 rings (SSSR count). The molecule has 0 radical (unpaired) electrons. The van der Waals surface area contributed by atoms with Crippen LogP contribution in [0, 0.1) is 6.92 Å². The number of ether oxygens (including phenoxy) is 1. The van der Waals surface area contributed by atoms with E-state index in [1.54, 1.807) is 7.11 Å². The monoisotopic (exact) mass is 224 g/mol. The van der Waals surface area contributed by atoms with Gasteiger partial charge in [-0.15, -0.1) is 0 Å². The average molecular weight is 224 g/mol. The molecule has 1 aromatic rings. The van der Waals surface area contributed by atoms with E-state index in [1.807, 2.05) is 25.1 Å². The van der Waals surface area contributed by atoms with Crippen molar-refractivity contribution in [3.05, 3.63) is 29.6 Å². The molecule has 1 aromatic heterocycles. The highest BCUT2D eigenvalue weighted by Gasteiger charge is 2.07. The van der Waals surface area contributed by atoms with Gasteiger partial charge in [-0.3, -0.25) is 4.98 Å². The van der Waals surface area contributed by atoms with Gasteiger partial charge in [-0.2, -0.15) is 0 Å². The smallest absolute Gasteiger partial charge is 0.0616 e. The summed E-state index contributed by atoms with van der Waals surface area (Å²) in [6, 6.07) is 6.14. The van der Waals surface area contributed by atoms with Gasteiger partial charge < -0.3 is 15.2 Å². The molecule has 0 fully saturated rings. The van der Waals surface area contributed by atoms with Gasteiger partial charge in [0.2, 0.25) is 0 Å². The van der Waals surface area contributed by atoms with Crippen LogP contribution in [0.25, 0.3) is 0 Å². The van der Waals surface area contributed by atoms with Crippen LogP contribution < -0.4 is 5.32 Å². The first-order valence-electron chi connectivity index (χ1n) is 5.52. The van der Waals surface area contributed by atoms with Crippen LogP contribution in [-0.2, 0) is 11.3 Å². The SMILES string of the molecule is COCC(CCO)NCc1cccc(C)n1. The quantitative estimate of drug-likeness (QED) is 0.722. The molecule has 0 aliphatic rings. The highest BCUT2D eigenvalue weighted by Crippen LogP contribution is 1.99. The lowest BCUT2D eigenvalue weighted by Gasteiger charge is -2.16. The van der Waals surface area contributed by atoms with Crippen molar-refractivity contribution in [1.29, 1.82) is 0 Å². The summed E-state index contributed by atoms with van der Waals surface area (Å²) in [4.78, 5) is 4.40. The zero-order valence-corrected chi connectivity index (χ0v) is 9.94. The van der Waals surface area contributed by atoms with E-state index in [9.17, 15) is 0 Å². The number of hydrogen-bond donors (Lipinski definition) is 2. The van der Waals surface area contributed by atoms with E-state index in [0.29, 0.717) is 19.6 Å². The summed E-state index contributed by atoms with van der Waals surface area (Å²) in [5, 5.41) is 12.2. The van der Waals surface area contributed by atoms with Gasteiger partial charge in [-0.05, 0) is 25.5 Å². The second-order valence-electron chi connectivity index (χ2n) is 3.82. The van der Waals surface area contributed by atoms with Gasteiger partial charge in [-0.1, -0.05) is 6.07 Å². The largest absolute Gasteiger partial charge is 0.396 e. The minimum absolute atomic E-state index is 0.169. The van der Waals surface area contributed by atoms with Gasteiger partial charge in [-0.25, -0.2) is 0 Å². The van der Waals surface area contributed by atoms with E-state index >= 15 is 0 Å². The maximum atomic E-state index is 8.89. The first-order valence-corrected chi connectivity index (χ1v) is 5.52. The Bertz CT molecular complexity index is 299. The molecule has 1 unspecified atom stereocenters. The number of nitrogens with one attached hydrogen (secondary N) is 1. The zero-order valence-electron chi connectivity index (χ0n) is 9.94. The molecular formula is C12H20N2O2. The maximum absolute atomic E-state index is 8.89. The number of hydrogen-bond acceptors (Lipinski definition) is 4. The Kier molecular flexibility index (Phi) is 6.00. The van der Waals surface area contributed by atoms with Crippen LogP contribution in [-0.4, -0.2) is 36.5 Å². The van der Waals surface area contributed by atoms with E-state index in [4.69, 9.17) is 9.84 Å². The number of methoxy groups -OCH3 is 1. The Morgan fingerprint density at radius 3 is 2.94 bits per heavy atom. The molecule has 0 aromatic carbocycles. The minimum atomic E-state index is 0.169.